The van der Waals surface area contributed by atoms with E-state index >= 15 is 0 Å². The Bertz CT molecular complexity index is 528. The number of nitrogens with one attached hydrogen (secondary N) is 1. The van der Waals surface area contributed by atoms with Crippen molar-refractivity contribution in [3.8, 4) is 0 Å². The molecule has 1 heterocycles. The van der Waals surface area contributed by atoms with Gasteiger partial charge in [0.15, 0.2) is 0 Å². The molecule has 6 heteroatoms. The molecule has 1 N–H and O–H groups in total. The predicted octanol–water partition coefficient (Wildman–Crippen LogP) is 3.45. The molecule has 1 aliphatic rings. The molecule has 0 aliphatic carbocycles. The minimum absolute atomic E-state index is 0.0549. The summed E-state index contributed by atoms with van der Waals surface area (Å²) in [4.78, 5) is 15.3. The summed E-state index contributed by atoms with van der Waals surface area (Å²) in [6.07, 6.45) is 1.74. The van der Waals surface area contributed by atoms with Crippen molar-refractivity contribution < 1.29 is 9.18 Å². The summed E-state index contributed by atoms with van der Waals surface area (Å²) in [5.74, 6) is -0.261. The van der Waals surface area contributed by atoms with Crippen LogP contribution in [0.15, 0.2) is 16.6 Å². The lowest BCUT2D eigenvalue weighted by atomic mass is 10.0. The van der Waals surface area contributed by atoms with Gasteiger partial charge in [0.1, 0.15) is 5.82 Å². The van der Waals surface area contributed by atoms with Crippen LogP contribution in [0.2, 0.25) is 0 Å². The van der Waals surface area contributed by atoms with Gasteiger partial charge >= 0.3 is 6.03 Å². The van der Waals surface area contributed by atoms with E-state index in [2.05, 4.69) is 21.2 Å². The first kappa shape index (κ1) is 16.1. The fourth-order valence-corrected chi connectivity index (χ4v) is 2.98. The summed E-state index contributed by atoms with van der Waals surface area (Å²) in [7, 11) is 3.53. The average molecular weight is 358 g/mol. The van der Waals surface area contributed by atoms with E-state index in [1.165, 1.54) is 6.07 Å². The molecule has 1 aromatic rings. The van der Waals surface area contributed by atoms with Crippen molar-refractivity contribution in [1.29, 1.82) is 0 Å². The second kappa shape index (κ2) is 6.64. The van der Waals surface area contributed by atoms with Crippen LogP contribution in [-0.2, 0) is 0 Å². The summed E-state index contributed by atoms with van der Waals surface area (Å²) >= 11 is 3.19. The molecule has 1 fully saturated rings. The maximum absolute atomic E-state index is 13.6. The first-order valence-electron chi connectivity index (χ1n) is 7.07. The van der Waals surface area contributed by atoms with E-state index in [1.54, 1.807) is 25.1 Å². The highest BCUT2D eigenvalue weighted by molar-refractivity contribution is 9.10. The fourth-order valence-electron chi connectivity index (χ4n) is 2.52. The van der Waals surface area contributed by atoms with Gasteiger partial charge in [-0.25, -0.2) is 9.18 Å². The Hall–Kier alpha value is -1.30. The highest BCUT2D eigenvalue weighted by Gasteiger charge is 2.24. The fraction of sp³-hybridized carbons (Fsp3) is 0.533. The first-order chi connectivity index (χ1) is 9.88. The summed E-state index contributed by atoms with van der Waals surface area (Å²) < 4.78 is 14.1. The monoisotopic (exact) mass is 357 g/mol. The van der Waals surface area contributed by atoms with Crippen LogP contribution in [0.25, 0.3) is 0 Å². The number of nitrogens with zero attached hydrogens (tertiary/aromatic N) is 2. The van der Waals surface area contributed by atoms with Crippen LogP contribution < -0.4 is 5.32 Å². The molecule has 2 amide bonds. The second-order valence-corrected chi connectivity index (χ2v) is 6.52. The van der Waals surface area contributed by atoms with Crippen LogP contribution in [0, 0.1) is 12.7 Å². The number of benzene rings is 1. The van der Waals surface area contributed by atoms with Crippen LogP contribution >= 0.6 is 15.9 Å². The summed E-state index contributed by atoms with van der Waals surface area (Å²) in [5, 5.41) is 3.39. The molecule has 0 unspecified atom stereocenters. The van der Waals surface area contributed by atoms with Crippen molar-refractivity contribution in [3.63, 3.8) is 0 Å². The zero-order valence-electron chi connectivity index (χ0n) is 12.6. The van der Waals surface area contributed by atoms with Gasteiger partial charge in [0, 0.05) is 38.9 Å². The van der Waals surface area contributed by atoms with Gasteiger partial charge in [-0.15, -0.1) is 0 Å². The van der Waals surface area contributed by atoms with Gasteiger partial charge in [0.05, 0.1) is 4.47 Å². The average Bonchev–Trinajstić information content (AvgIpc) is 2.44. The zero-order chi connectivity index (χ0) is 15.6. The number of aryl methyl sites for hydroxylation is 1. The minimum Gasteiger partial charge on any atom is -0.382 e. The molecule has 0 aromatic heterocycles. The first-order valence-corrected chi connectivity index (χ1v) is 7.86. The van der Waals surface area contributed by atoms with Crippen LogP contribution in [0.5, 0.6) is 0 Å². The standard InChI is InChI=1S/C15H21BrFN3O/c1-10-8-12(16)13(17)9-14(10)18-11-4-6-20(7-5-11)15(21)19(2)3/h8-9,11,18H,4-7H2,1-3H3. The summed E-state index contributed by atoms with van der Waals surface area (Å²) in [5.41, 5.74) is 1.84. The smallest absolute Gasteiger partial charge is 0.319 e. The Kier molecular flexibility index (Phi) is 5.08. The third-order valence-corrected chi connectivity index (χ3v) is 4.38. The Morgan fingerprint density at radius 3 is 2.57 bits per heavy atom. The number of anilines is 1. The molecule has 1 saturated heterocycles. The van der Waals surface area contributed by atoms with Crippen molar-refractivity contribution in [2.45, 2.75) is 25.8 Å². The summed E-state index contributed by atoms with van der Waals surface area (Å²) in [6.45, 7) is 3.41. The van der Waals surface area contributed by atoms with E-state index in [4.69, 9.17) is 0 Å². The maximum atomic E-state index is 13.6. The number of likely N-dealkylation sites (tertiary alicyclic amines) is 1. The molecule has 0 saturated carbocycles. The van der Waals surface area contributed by atoms with Crippen LogP contribution in [0.4, 0.5) is 14.9 Å². The van der Waals surface area contributed by atoms with Gasteiger partial charge in [-0.05, 0) is 53.4 Å². The lowest BCUT2D eigenvalue weighted by Crippen LogP contribution is -2.46. The Morgan fingerprint density at radius 2 is 2.00 bits per heavy atom. The molecule has 1 aliphatic heterocycles. The number of hydrogen-bond acceptors (Lipinski definition) is 2. The third-order valence-electron chi connectivity index (χ3n) is 3.77. The van der Waals surface area contributed by atoms with E-state index in [0.717, 1.165) is 37.2 Å². The lowest BCUT2D eigenvalue weighted by Gasteiger charge is -2.34. The number of halogens is 2. The summed E-state index contributed by atoms with van der Waals surface area (Å²) in [6, 6.07) is 3.63. The molecule has 0 bridgehead atoms. The molecule has 4 nitrogen and oxygen atoms in total. The van der Waals surface area contributed by atoms with Gasteiger partial charge in [-0.3, -0.25) is 0 Å². The van der Waals surface area contributed by atoms with E-state index in [1.807, 2.05) is 11.8 Å². The number of rotatable bonds is 2. The van der Waals surface area contributed by atoms with Crippen LogP contribution in [0.3, 0.4) is 0 Å². The largest absolute Gasteiger partial charge is 0.382 e. The van der Waals surface area contributed by atoms with Crippen molar-refractivity contribution in [2.75, 3.05) is 32.5 Å². The van der Waals surface area contributed by atoms with Crippen molar-refractivity contribution in [2.24, 2.45) is 0 Å². The van der Waals surface area contributed by atoms with Crippen molar-refractivity contribution in [1.82, 2.24) is 9.80 Å². The zero-order valence-corrected chi connectivity index (χ0v) is 14.2. The molecule has 2 rings (SSSR count). The second-order valence-electron chi connectivity index (χ2n) is 5.66. The van der Waals surface area contributed by atoms with E-state index in [0.29, 0.717) is 4.47 Å². The molecule has 0 radical (unpaired) electrons. The van der Waals surface area contributed by atoms with E-state index < -0.39 is 0 Å². The molecular formula is C15H21BrFN3O. The molecule has 21 heavy (non-hydrogen) atoms. The van der Waals surface area contributed by atoms with Crippen molar-refractivity contribution >= 4 is 27.6 Å². The van der Waals surface area contributed by atoms with Crippen molar-refractivity contribution in [3.05, 3.63) is 28.0 Å². The van der Waals surface area contributed by atoms with Gasteiger partial charge in [0.2, 0.25) is 0 Å². The highest BCUT2D eigenvalue weighted by Crippen LogP contribution is 2.26. The predicted molar refractivity (Wildman–Crippen MR) is 86.1 cm³/mol. The topological polar surface area (TPSA) is 35.6 Å². The number of piperidine rings is 1. The van der Waals surface area contributed by atoms with Crippen LogP contribution in [0.1, 0.15) is 18.4 Å². The number of carbonyl (C=O) groups excluding carboxylic acids is 1. The highest BCUT2D eigenvalue weighted by atomic mass is 79.9. The minimum atomic E-state index is -0.261. The molecule has 0 atom stereocenters. The molecular weight excluding hydrogens is 337 g/mol. The van der Waals surface area contributed by atoms with Crippen LogP contribution in [-0.4, -0.2) is 49.1 Å². The van der Waals surface area contributed by atoms with Gasteiger partial charge in [0.25, 0.3) is 0 Å². The number of urea groups is 1. The quantitative estimate of drug-likeness (QED) is 0.879. The van der Waals surface area contributed by atoms with E-state index in [-0.39, 0.29) is 17.9 Å². The molecule has 0 spiro atoms. The van der Waals surface area contributed by atoms with Gasteiger partial charge in [-0.2, -0.15) is 0 Å². The third kappa shape index (κ3) is 3.87. The number of hydrogen-bond donors (Lipinski definition) is 1. The number of amides is 2. The maximum Gasteiger partial charge on any atom is 0.319 e. The van der Waals surface area contributed by atoms with Gasteiger partial charge in [-0.1, -0.05) is 0 Å². The molecule has 1 aromatic carbocycles. The number of carbonyl (C=O) groups is 1. The van der Waals surface area contributed by atoms with Gasteiger partial charge < -0.3 is 15.1 Å². The van der Waals surface area contributed by atoms with E-state index in [9.17, 15) is 9.18 Å². The molecule has 116 valence electrons. The Morgan fingerprint density at radius 1 is 1.38 bits per heavy atom. The Labute approximate surface area is 133 Å². The Balaban J connectivity index is 1.95. The normalized spacial score (nSPS) is 16.0. The lowest BCUT2D eigenvalue weighted by molar-refractivity contribution is 0.158. The SMILES string of the molecule is Cc1cc(Br)c(F)cc1NC1CCN(C(=O)N(C)C)CC1.